The van der Waals surface area contributed by atoms with E-state index in [-0.39, 0.29) is 0 Å². The standard InChI is InChI=1S/C23H21N5O2/c1-3-20-21(30-15-29-20)11-16(1)12-27-10-7-19(13-27)23-25-22-4-2-18(14-28(22)26-23)17-5-8-24-9-6-17/h1-6,8-9,11,14,19H,7,10,12-13,15H2. The molecule has 1 saturated heterocycles. The van der Waals surface area contributed by atoms with E-state index in [4.69, 9.17) is 19.6 Å². The molecule has 0 spiro atoms. The van der Waals surface area contributed by atoms with Crippen LogP contribution in [0.1, 0.15) is 23.7 Å². The van der Waals surface area contributed by atoms with Crippen molar-refractivity contribution in [1.29, 1.82) is 0 Å². The van der Waals surface area contributed by atoms with Crippen LogP contribution in [0.4, 0.5) is 0 Å². The first-order valence-corrected chi connectivity index (χ1v) is 10.2. The number of nitrogens with zero attached hydrogens (tertiary/aromatic N) is 5. The largest absolute Gasteiger partial charge is 0.454 e. The fraction of sp³-hybridized carbons (Fsp3) is 0.261. The third kappa shape index (κ3) is 3.17. The Balaban J connectivity index is 1.18. The molecule has 30 heavy (non-hydrogen) atoms. The Morgan fingerprint density at radius 1 is 0.967 bits per heavy atom. The molecule has 0 aliphatic carbocycles. The van der Waals surface area contributed by atoms with Crippen molar-refractivity contribution in [3.05, 3.63) is 72.4 Å². The fourth-order valence-electron chi connectivity index (χ4n) is 4.27. The minimum absolute atomic E-state index is 0.313. The van der Waals surface area contributed by atoms with E-state index in [1.54, 1.807) is 12.4 Å². The van der Waals surface area contributed by atoms with Crippen LogP contribution in [0.3, 0.4) is 0 Å². The van der Waals surface area contributed by atoms with Crippen LogP contribution in [0.15, 0.2) is 61.1 Å². The lowest BCUT2D eigenvalue weighted by atomic mass is 10.1. The van der Waals surface area contributed by atoms with Gasteiger partial charge in [0.1, 0.15) is 0 Å². The van der Waals surface area contributed by atoms with E-state index in [0.29, 0.717) is 12.7 Å². The van der Waals surface area contributed by atoms with E-state index in [1.165, 1.54) is 5.56 Å². The Labute approximate surface area is 173 Å². The van der Waals surface area contributed by atoms with Gasteiger partial charge < -0.3 is 9.47 Å². The Morgan fingerprint density at radius 2 is 1.87 bits per heavy atom. The summed E-state index contributed by atoms with van der Waals surface area (Å²) in [6, 6.07) is 14.3. The third-order valence-corrected chi connectivity index (χ3v) is 5.84. The summed E-state index contributed by atoms with van der Waals surface area (Å²) in [5, 5.41) is 4.80. The molecule has 1 atom stereocenters. The van der Waals surface area contributed by atoms with Gasteiger partial charge >= 0.3 is 0 Å². The summed E-state index contributed by atoms with van der Waals surface area (Å²) < 4.78 is 12.8. The van der Waals surface area contributed by atoms with Gasteiger partial charge in [-0.25, -0.2) is 9.50 Å². The van der Waals surface area contributed by atoms with Crippen LogP contribution in [0.25, 0.3) is 16.8 Å². The fourth-order valence-corrected chi connectivity index (χ4v) is 4.27. The second-order valence-corrected chi connectivity index (χ2v) is 7.83. The quantitative estimate of drug-likeness (QED) is 0.523. The number of rotatable bonds is 4. The summed E-state index contributed by atoms with van der Waals surface area (Å²) in [5.41, 5.74) is 4.36. The molecule has 7 heteroatoms. The lowest BCUT2D eigenvalue weighted by Gasteiger charge is -2.15. The van der Waals surface area contributed by atoms with E-state index in [9.17, 15) is 0 Å². The highest BCUT2D eigenvalue weighted by atomic mass is 16.7. The summed E-state index contributed by atoms with van der Waals surface area (Å²) >= 11 is 0. The van der Waals surface area contributed by atoms with Crippen molar-refractivity contribution in [2.24, 2.45) is 0 Å². The number of hydrogen-bond donors (Lipinski definition) is 0. The number of pyridine rings is 2. The van der Waals surface area contributed by atoms with E-state index in [0.717, 1.165) is 60.2 Å². The van der Waals surface area contributed by atoms with Gasteiger partial charge in [-0.05, 0) is 60.5 Å². The Hall–Kier alpha value is -3.45. The molecule has 0 bridgehead atoms. The molecule has 4 aromatic rings. The molecule has 0 saturated carbocycles. The van der Waals surface area contributed by atoms with Crippen molar-refractivity contribution in [3.8, 4) is 22.6 Å². The van der Waals surface area contributed by atoms with Crippen LogP contribution in [0.2, 0.25) is 0 Å². The average Bonchev–Trinajstić information content (AvgIpc) is 3.52. The van der Waals surface area contributed by atoms with Gasteiger partial charge in [0, 0.05) is 43.2 Å². The molecule has 0 radical (unpaired) electrons. The zero-order valence-corrected chi connectivity index (χ0v) is 16.4. The first-order chi connectivity index (χ1) is 14.8. The van der Waals surface area contributed by atoms with Crippen LogP contribution in [0, 0.1) is 0 Å². The Kier molecular flexibility index (Phi) is 4.12. The molecule has 150 valence electrons. The topological polar surface area (TPSA) is 64.8 Å². The molecule has 2 aliphatic heterocycles. The molecule has 1 fully saturated rings. The molecule has 2 aliphatic rings. The zero-order chi connectivity index (χ0) is 19.9. The summed E-state index contributed by atoms with van der Waals surface area (Å²) in [4.78, 5) is 11.3. The van der Waals surface area contributed by atoms with Gasteiger partial charge in [0.05, 0.1) is 0 Å². The number of hydrogen-bond acceptors (Lipinski definition) is 6. The summed E-state index contributed by atoms with van der Waals surface area (Å²) in [7, 11) is 0. The van der Waals surface area contributed by atoms with Crippen LogP contribution >= 0.6 is 0 Å². The van der Waals surface area contributed by atoms with Crippen LogP contribution in [0.5, 0.6) is 11.5 Å². The smallest absolute Gasteiger partial charge is 0.231 e. The normalized spacial score (nSPS) is 18.3. The Bertz CT molecular complexity index is 1210. The monoisotopic (exact) mass is 399 g/mol. The lowest BCUT2D eigenvalue weighted by Crippen LogP contribution is -2.20. The van der Waals surface area contributed by atoms with Gasteiger partial charge in [-0.15, -0.1) is 0 Å². The zero-order valence-electron chi connectivity index (χ0n) is 16.4. The molecule has 5 heterocycles. The number of likely N-dealkylation sites (tertiary alicyclic amines) is 1. The number of ether oxygens (including phenoxy) is 2. The van der Waals surface area contributed by atoms with Crippen molar-refractivity contribution in [2.45, 2.75) is 18.9 Å². The van der Waals surface area contributed by atoms with Gasteiger partial charge in [-0.3, -0.25) is 9.88 Å². The Morgan fingerprint density at radius 3 is 2.80 bits per heavy atom. The van der Waals surface area contributed by atoms with Crippen molar-refractivity contribution < 1.29 is 9.47 Å². The van der Waals surface area contributed by atoms with Crippen molar-refractivity contribution in [2.75, 3.05) is 19.9 Å². The summed E-state index contributed by atoms with van der Waals surface area (Å²) in [6.07, 6.45) is 6.72. The highest BCUT2D eigenvalue weighted by molar-refractivity contribution is 5.63. The molecular formula is C23H21N5O2. The van der Waals surface area contributed by atoms with Crippen LogP contribution in [-0.2, 0) is 6.54 Å². The minimum atomic E-state index is 0.313. The minimum Gasteiger partial charge on any atom is -0.454 e. The number of fused-ring (bicyclic) bond motifs is 2. The van der Waals surface area contributed by atoms with E-state index >= 15 is 0 Å². The molecule has 0 N–H and O–H groups in total. The molecular weight excluding hydrogens is 378 g/mol. The molecule has 7 nitrogen and oxygen atoms in total. The molecule has 0 amide bonds. The maximum absolute atomic E-state index is 5.50. The first-order valence-electron chi connectivity index (χ1n) is 10.2. The second kappa shape index (κ2) is 7.11. The van der Waals surface area contributed by atoms with Crippen LogP contribution < -0.4 is 9.47 Å². The molecule has 6 rings (SSSR count). The SMILES string of the molecule is c1cc(-c2ccc3nc(C4CCN(Cc5ccc6c(c5)OCO6)C4)nn3c2)ccn1. The summed E-state index contributed by atoms with van der Waals surface area (Å²) in [5.74, 6) is 2.95. The highest BCUT2D eigenvalue weighted by Crippen LogP contribution is 2.34. The van der Waals surface area contributed by atoms with Crippen LogP contribution in [-0.4, -0.2) is 44.4 Å². The predicted molar refractivity (Wildman–Crippen MR) is 111 cm³/mol. The maximum Gasteiger partial charge on any atom is 0.231 e. The molecule has 3 aromatic heterocycles. The molecule has 1 aromatic carbocycles. The number of aromatic nitrogens is 4. The first kappa shape index (κ1) is 17.4. The number of benzene rings is 1. The summed E-state index contributed by atoms with van der Waals surface area (Å²) in [6.45, 7) is 3.21. The lowest BCUT2D eigenvalue weighted by molar-refractivity contribution is 0.174. The predicted octanol–water partition coefficient (Wildman–Crippen LogP) is 3.51. The molecule has 1 unspecified atom stereocenters. The van der Waals surface area contributed by atoms with Crippen molar-refractivity contribution in [3.63, 3.8) is 0 Å². The van der Waals surface area contributed by atoms with E-state index < -0.39 is 0 Å². The van der Waals surface area contributed by atoms with Gasteiger partial charge in [-0.2, -0.15) is 5.10 Å². The van der Waals surface area contributed by atoms with Crippen molar-refractivity contribution in [1.82, 2.24) is 24.5 Å². The maximum atomic E-state index is 5.50. The third-order valence-electron chi connectivity index (χ3n) is 5.84. The van der Waals surface area contributed by atoms with Gasteiger partial charge in [0.15, 0.2) is 23.0 Å². The van der Waals surface area contributed by atoms with Gasteiger partial charge in [0.2, 0.25) is 6.79 Å². The second-order valence-electron chi connectivity index (χ2n) is 7.83. The van der Waals surface area contributed by atoms with E-state index in [2.05, 4.69) is 28.1 Å². The van der Waals surface area contributed by atoms with Gasteiger partial charge in [-0.1, -0.05) is 6.07 Å². The van der Waals surface area contributed by atoms with Crippen molar-refractivity contribution >= 4 is 5.65 Å². The van der Waals surface area contributed by atoms with Gasteiger partial charge in [0.25, 0.3) is 0 Å². The van der Waals surface area contributed by atoms with E-state index in [1.807, 2.05) is 35.0 Å². The average molecular weight is 399 g/mol. The highest BCUT2D eigenvalue weighted by Gasteiger charge is 2.27.